The molecule has 0 spiro atoms. The molecule has 0 radical (unpaired) electrons. The molecule has 1 nitrogen and oxygen atoms in total. The summed E-state index contributed by atoms with van der Waals surface area (Å²) in [4.78, 5) is 0. The van der Waals surface area contributed by atoms with Crippen molar-refractivity contribution in [3.05, 3.63) is 0 Å². The Morgan fingerprint density at radius 3 is 2.36 bits per heavy atom. The fourth-order valence-corrected chi connectivity index (χ4v) is 4.11. The van der Waals surface area contributed by atoms with Gasteiger partial charge in [0.25, 0.3) is 0 Å². The lowest BCUT2D eigenvalue weighted by Gasteiger charge is -2.35. The van der Waals surface area contributed by atoms with Crippen LogP contribution in [0.1, 0.15) is 32.1 Å². The minimum atomic E-state index is 0.825. The molecule has 5 unspecified atom stereocenters. The molecule has 0 amide bonds. The maximum Gasteiger partial charge on any atom is 0.0877 e. The first-order chi connectivity index (χ1) is 5.33. The van der Waals surface area contributed by atoms with Crippen molar-refractivity contribution < 1.29 is 5.73 Å². The second kappa shape index (κ2) is 2.01. The van der Waals surface area contributed by atoms with Crippen LogP contribution in [0, 0.1) is 23.7 Å². The van der Waals surface area contributed by atoms with Crippen molar-refractivity contribution in [2.45, 2.75) is 38.1 Å². The zero-order chi connectivity index (χ0) is 7.42. The van der Waals surface area contributed by atoms with Gasteiger partial charge in [-0.25, -0.2) is 0 Å². The van der Waals surface area contributed by atoms with E-state index in [1.165, 1.54) is 12.8 Å². The van der Waals surface area contributed by atoms with E-state index in [-0.39, 0.29) is 0 Å². The molecule has 3 aliphatic carbocycles. The number of fused-ring (bicyclic) bond motifs is 2. The van der Waals surface area contributed by atoms with Crippen molar-refractivity contribution in [3.63, 3.8) is 0 Å². The Morgan fingerprint density at radius 1 is 0.818 bits per heavy atom. The Morgan fingerprint density at radius 2 is 1.55 bits per heavy atom. The first kappa shape index (κ1) is 6.47. The highest BCUT2D eigenvalue weighted by molar-refractivity contribution is 4.98. The highest BCUT2D eigenvalue weighted by Gasteiger charge is 2.49. The predicted octanol–water partition coefficient (Wildman–Crippen LogP) is 1.05. The maximum absolute atomic E-state index is 4.32. The van der Waals surface area contributed by atoms with E-state index in [4.69, 9.17) is 0 Å². The Balaban J connectivity index is 1.94. The minimum Gasteiger partial charge on any atom is -0.355 e. The lowest BCUT2D eigenvalue weighted by molar-refractivity contribution is -0.442. The monoisotopic (exact) mass is 152 g/mol. The van der Waals surface area contributed by atoms with Gasteiger partial charge >= 0.3 is 0 Å². The third kappa shape index (κ3) is 0.807. The zero-order valence-electron chi connectivity index (χ0n) is 7.13. The van der Waals surface area contributed by atoms with Gasteiger partial charge in [-0.3, -0.25) is 0 Å². The summed E-state index contributed by atoms with van der Waals surface area (Å²) in [5.41, 5.74) is 4.32. The molecule has 0 aromatic carbocycles. The van der Waals surface area contributed by atoms with Crippen LogP contribution in [0.15, 0.2) is 0 Å². The molecule has 62 valence electrons. The second-order valence-corrected chi connectivity index (χ2v) is 5.09. The zero-order valence-corrected chi connectivity index (χ0v) is 7.13. The van der Waals surface area contributed by atoms with Crippen molar-refractivity contribution >= 4 is 0 Å². The molecule has 11 heavy (non-hydrogen) atoms. The van der Waals surface area contributed by atoms with Gasteiger partial charge in [-0.2, -0.15) is 0 Å². The Hall–Kier alpha value is -0.0400. The fraction of sp³-hybridized carbons (Fsp3) is 1.00. The van der Waals surface area contributed by atoms with Gasteiger partial charge < -0.3 is 5.73 Å². The van der Waals surface area contributed by atoms with E-state index >= 15 is 0 Å². The minimum absolute atomic E-state index is 0.825. The number of hydrogen-bond donors (Lipinski definition) is 1. The van der Waals surface area contributed by atoms with Crippen molar-refractivity contribution in [1.29, 1.82) is 0 Å². The van der Waals surface area contributed by atoms with Crippen LogP contribution in [0.25, 0.3) is 0 Å². The molecule has 3 saturated carbocycles. The van der Waals surface area contributed by atoms with Gasteiger partial charge in [-0.15, -0.1) is 0 Å². The Labute approximate surface area is 68.3 Å². The van der Waals surface area contributed by atoms with Gasteiger partial charge in [-0.05, 0) is 43.4 Å². The van der Waals surface area contributed by atoms with Crippen LogP contribution in [-0.4, -0.2) is 6.04 Å². The van der Waals surface area contributed by atoms with Gasteiger partial charge in [0.15, 0.2) is 0 Å². The molecular weight excluding hydrogens is 134 g/mol. The Bertz CT molecular complexity index is 173. The van der Waals surface area contributed by atoms with E-state index in [2.05, 4.69) is 5.73 Å². The third-order valence-electron chi connectivity index (χ3n) is 4.39. The van der Waals surface area contributed by atoms with Crippen LogP contribution >= 0.6 is 0 Å². The summed E-state index contributed by atoms with van der Waals surface area (Å²) in [5.74, 6) is 4.35. The summed E-state index contributed by atoms with van der Waals surface area (Å²) in [6, 6.07) is 0.825. The molecule has 0 aliphatic heterocycles. The standard InChI is InChI=1S/C10H17N/c11-10-5-7-1-6-2-8(3-7)9(10)4-6/h6-10H,1-5,11H2/p+1. The normalized spacial score (nSPS) is 60.3. The molecule has 3 bridgehead atoms. The van der Waals surface area contributed by atoms with Gasteiger partial charge in [-0.1, -0.05) is 0 Å². The van der Waals surface area contributed by atoms with Gasteiger partial charge in [0.2, 0.25) is 0 Å². The van der Waals surface area contributed by atoms with E-state index < -0.39 is 0 Å². The molecule has 3 rings (SSSR count). The molecule has 3 N–H and O–H groups in total. The highest BCUT2D eigenvalue weighted by atomic mass is 14.7. The average molecular weight is 152 g/mol. The largest absolute Gasteiger partial charge is 0.355 e. The Kier molecular flexibility index (Phi) is 1.18. The molecule has 0 heterocycles. The highest BCUT2D eigenvalue weighted by Crippen LogP contribution is 2.54. The number of hydrogen-bond acceptors (Lipinski definition) is 0. The summed E-state index contributed by atoms with van der Waals surface area (Å²) >= 11 is 0. The van der Waals surface area contributed by atoms with Crippen molar-refractivity contribution in [2.75, 3.05) is 0 Å². The summed E-state index contributed by atoms with van der Waals surface area (Å²) in [5, 5.41) is 0. The van der Waals surface area contributed by atoms with Crippen molar-refractivity contribution in [3.8, 4) is 0 Å². The molecule has 0 aromatic heterocycles. The van der Waals surface area contributed by atoms with E-state index in [1.807, 2.05) is 0 Å². The first-order valence-electron chi connectivity index (χ1n) is 5.16. The number of quaternary nitrogens is 1. The average Bonchev–Trinajstić information content (AvgIpc) is 2.19. The van der Waals surface area contributed by atoms with Crippen LogP contribution in [-0.2, 0) is 0 Å². The second-order valence-electron chi connectivity index (χ2n) is 5.09. The molecule has 5 atom stereocenters. The topological polar surface area (TPSA) is 27.6 Å². The van der Waals surface area contributed by atoms with Crippen molar-refractivity contribution in [1.82, 2.24) is 0 Å². The van der Waals surface area contributed by atoms with Gasteiger partial charge in [0.05, 0.1) is 6.04 Å². The van der Waals surface area contributed by atoms with Crippen LogP contribution < -0.4 is 5.73 Å². The van der Waals surface area contributed by atoms with Gasteiger partial charge in [0.1, 0.15) is 0 Å². The van der Waals surface area contributed by atoms with Gasteiger partial charge in [0, 0.05) is 12.3 Å². The fourth-order valence-electron chi connectivity index (χ4n) is 4.11. The SMILES string of the molecule is [NH3+]C1CC2CC3CC(C2)C1C3. The lowest BCUT2D eigenvalue weighted by atomic mass is 9.70. The molecule has 3 fully saturated rings. The van der Waals surface area contributed by atoms with E-state index in [9.17, 15) is 0 Å². The van der Waals surface area contributed by atoms with Crippen LogP contribution in [0.4, 0.5) is 0 Å². The predicted molar refractivity (Wildman–Crippen MR) is 43.7 cm³/mol. The first-order valence-corrected chi connectivity index (χ1v) is 5.16. The smallest absolute Gasteiger partial charge is 0.0877 e. The van der Waals surface area contributed by atoms with E-state index in [1.54, 1.807) is 19.3 Å². The summed E-state index contributed by atoms with van der Waals surface area (Å²) in [6.07, 6.45) is 7.67. The third-order valence-corrected chi connectivity index (χ3v) is 4.39. The molecular formula is C10H18N+. The van der Waals surface area contributed by atoms with Crippen molar-refractivity contribution in [2.24, 2.45) is 23.7 Å². The maximum atomic E-state index is 4.32. The van der Waals surface area contributed by atoms with Crippen LogP contribution in [0.2, 0.25) is 0 Å². The lowest BCUT2D eigenvalue weighted by Crippen LogP contribution is -2.66. The van der Waals surface area contributed by atoms with E-state index in [0.717, 1.165) is 29.7 Å². The van der Waals surface area contributed by atoms with Crippen LogP contribution in [0.5, 0.6) is 0 Å². The van der Waals surface area contributed by atoms with E-state index in [0.29, 0.717) is 0 Å². The summed E-state index contributed by atoms with van der Waals surface area (Å²) in [6.45, 7) is 0. The summed E-state index contributed by atoms with van der Waals surface area (Å²) in [7, 11) is 0. The quantitative estimate of drug-likeness (QED) is 0.537. The summed E-state index contributed by atoms with van der Waals surface area (Å²) < 4.78 is 0. The number of rotatable bonds is 0. The molecule has 0 saturated heterocycles. The molecule has 3 aliphatic rings. The molecule has 1 heteroatoms. The molecule has 0 aromatic rings. The van der Waals surface area contributed by atoms with Crippen LogP contribution in [0.3, 0.4) is 0 Å².